The Kier molecular flexibility index (Phi) is 3.69. The molecule has 2 aromatic carbocycles. The van der Waals surface area contributed by atoms with Crippen LogP contribution in [0.3, 0.4) is 0 Å². The van der Waals surface area contributed by atoms with Gasteiger partial charge in [-0.25, -0.2) is 4.79 Å². The van der Waals surface area contributed by atoms with Crippen LogP contribution < -0.4 is 10.6 Å². The second-order valence-corrected chi connectivity index (χ2v) is 7.14. The average Bonchev–Trinajstić information content (AvgIpc) is 3.06. The van der Waals surface area contributed by atoms with E-state index in [9.17, 15) is 19.5 Å². The fourth-order valence-electron chi connectivity index (χ4n) is 3.67. The van der Waals surface area contributed by atoms with Crippen molar-refractivity contribution in [3.8, 4) is 5.75 Å². The number of benzene rings is 2. The highest BCUT2D eigenvalue weighted by Crippen LogP contribution is 2.33. The highest BCUT2D eigenvalue weighted by atomic mass is 16.3. The molecule has 2 aromatic rings. The first-order chi connectivity index (χ1) is 12.8. The van der Waals surface area contributed by atoms with Crippen molar-refractivity contribution in [2.75, 3.05) is 6.54 Å². The molecule has 2 heterocycles. The molecular weight excluding hydrogens is 346 g/mol. The normalized spacial score (nSPS) is 21.3. The van der Waals surface area contributed by atoms with Crippen molar-refractivity contribution in [2.45, 2.75) is 25.9 Å². The van der Waals surface area contributed by atoms with Crippen molar-refractivity contribution in [1.29, 1.82) is 0 Å². The van der Waals surface area contributed by atoms with Gasteiger partial charge in [-0.2, -0.15) is 0 Å². The lowest BCUT2D eigenvalue weighted by atomic mass is 9.88. The Bertz CT molecular complexity index is 983. The van der Waals surface area contributed by atoms with Crippen LogP contribution in [0.1, 0.15) is 32.6 Å². The van der Waals surface area contributed by atoms with Gasteiger partial charge in [0.15, 0.2) is 5.54 Å². The minimum atomic E-state index is -1.35. The van der Waals surface area contributed by atoms with E-state index in [1.807, 2.05) is 19.1 Å². The van der Waals surface area contributed by atoms with Crippen molar-refractivity contribution >= 4 is 17.8 Å². The number of hydrogen-bond donors (Lipinski definition) is 3. The maximum atomic E-state index is 12.9. The molecule has 27 heavy (non-hydrogen) atoms. The molecule has 7 heteroatoms. The van der Waals surface area contributed by atoms with Gasteiger partial charge in [0.05, 0.1) is 6.54 Å². The van der Waals surface area contributed by atoms with E-state index < -0.39 is 17.5 Å². The summed E-state index contributed by atoms with van der Waals surface area (Å²) in [5, 5.41) is 14.9. The van der Waals surface area contributed by atoms with Gasteiger partial charge < -0.3 is 15.3 Å². The zero-order valence-electron chi connectivity index (χ0n) is 15.0. The zero-order valence-corrected chi connectivity index (χ0v) is 15.0. The number of phenolic OH excluding ortho intramolecular Hbond substituents is 1. The summed E-state index contributed by atoms with van der Waals surface area (Å²) in [4.78, 5) is 39.0. The molecule has 0 radical (unpaired) electrons. The fraction of sp³-hybridized carbons (Fsp3) is 0.250. The van der Waals surface area contributed by atoms with E-state index in [0.29, 0.717) is 22.3 Å². The number of fused-ring (bicyclic) bond motifs is 1. The maximum absolute atomic E-state index is 12.9. The Balaban J connectivity index is 1.72. The number of aromatic hydroxyl groups is 1. The molecule has 7 nitrogen and oxygen atoms in total. The van der Waals surface area contributed by atoms with Gasteiger partial charge in [0.2, 0.25) is 0 Å². The molecule has 0 aromatic heterocycles. The molecule has 0 saturated carbocycles. The minimum absolute atomic E-state index is 0.000950. The molecule has 1 unspecified atom stereocenters. The van der Waals surface area contributed by atoms with Crippen LogP contribution >= 0.6 is 0 Å². The molecule has 2 aliphatic heterocycles. The Morgan fingerprint density at radius 3 is 2.44 bits per heavy atom. The highest BCUT2D eigenvalue weighted by Gasteiger charge is 2.50. The summed E-state index contributed by atoms with van der Waals surface area (Å²) in [6, 6.07) is 9.92. The van der Waals surface area contributed by atoms with Gasteiger partial charge in [-0.05, 0) is 42.7 Å². The van der Waals surface area contributed by atoms with Crippen molar-refractivity contribution in [3.63, 3.8) is 0 Å². The second-order valence-electron chi connectivity index (χ2n) is 7.14. The van der Waals surface area contributed by atoms with Crippen LogP contribution in [0.2, 0.25) is 0 Å². The monoisotopic (exact) mass is 365 g/mol. The predicted octanol–water partition coefficient (Wildman–Crippen LogP) is 1.70. The lowest BCUT2D eigenvalue weighted by Gasteiger charge is -2.31. The van der Waals surface area contributed by atoms with Gasteiger partial charge in [-0.15, -0.1) is 0 Å². The van der Waals surface area contributed by atoms with Crippen molar-refractivity contribution in [2.24, 2.45) is 0 Å². The second kappa shape index (κ2) is 5.84. The molecule has 4 rings (SSSR count). The van der Waals surface area contributed by atoms with E-state index in [2.05, 4.69) is 10.6 Å². The topological polar surface area (TPSA) is 98.7 Å². The van der Waals surface area contributed by atoms with E-state index in [4.69, 9.17) is 0 Å². The van der Waals surface area contributed by atoms with Crippen LogP contribution in [-0.4, -0.2) is 34.4 Å². The number of hydrogen-bond acceptors (Lipinski definition) is 4. The molecular formula is C20H19N3O4. The number of rotatable bonds is 3. The van der Waals surface area contributed by atoms with Crippen molar-refractivity contribution in [3.05, 3.63) is 64.2 Å². The fourth-order valence-corrected chi connectivity index (χ4v) is 3.67. The van der Waals surface area contributed by atoms with Crippen molar-refractivity contribution in [1.82, 2.24) is 15.5 Å². The van der Waals surface area contributed by atoms with E-state index in [-0.39, 0.29) is 24.7 Å². The number of urea groups is 1. The average molecular weight is 365 g/mol. The molecule has 0 bridgehead atoms. The van der Waals surface area contributed by atoms with Crippen LogP contribution in [0, 0.1) is 13.8 Å². The predicted molar refractivity (Wildman–Crippen MR) is 97.1 cm³/mol. The Labute approximate surface area is 156 Å². The lowest BCUT2D eigenvalue weighted by molar-refractivity contribution is -0.124. The summed E-state index contributed by atoms with van der Waals surface area (Å²) in [5.41, 5.74) is 2.11. The Morgan fingerprint density at radius 1 is 1.11 bits per heavy atom. The number of phenols is 1. The quantitative estimate of drug-likeness (QED) is 0.721. The summed E-state index contributed by atoms with van der Waals surface area (Å²) >= 11 is 0. The van der Waals surface area contributed by atoms with Crippen molar-refractivity contribution < 1.29 is 19.5 Å². The van der Waals surface area contributed by atoms with E-state index in [1.165, 1.54) is 4.90 Å². The number of nitrogens with one attached hydrogen (secondary N) is 2. The third-order valence-electron chi connectivity index (χ3n) is 5.21. The third kappa shape index (κ3) is 2.63. The number of carbonyl (C=O) groups excluding carboxylic acids is 3. The summed E-state index contributed by atoms with van der Waals surface area (Å²) in [6.45, 7) is 3.92. The van der Waals surface area contributed by atoms with Gasteiger partial charge in [0.25, 0.3) is 11.8 Å². The van der Waals surface area contributed by atoms with Crippen LogP contribution in [0.15, 0.2) is 36.4 Å². The van der Waals surface area contributed by atoms with Crippen LogP contribution in [-0.2, 0) is 16.9 Å². The van der Waals surface area contributed by atoms with Crippen LogP contribution in [0.4, 0.5) is 4.79 Å². The molecule has 2 aliphatic rings. The van der Waals surface area contributed by atoms with E-state index >= 15 is 0 Å². The first kappa shape index (κ1) is 17.1. The third-order valence-corrected chi connectivity index (χ3v) is 5.21. The number of aryl methyl sites for hydroxylation is 2. The summed E-state index contributed by atoms with van der Waals surface area (Å²) in [6.07, 6.45) is 0. The van der Waals surface area contributed by atoms with Gasteiger partial charge in [0.1, 0.15) is 5.75 Å². The Hall–Kier alpha value is -3.35. The van der Waals surface area contributed by atoms with Crippen LogP contribution in [0.5, 0.6) is 5.75 Å². The number of imide groups is 1. The minimum Gasteiger partial charge on any atom is -0.508 e. The maximum Gasteiger partial charge on any atom is 0.322 e. The standard InChI is InChI=1S/C20H19N3O4/c1-11-3-5-14(6-4-11)20(18(26)21-19(27)22-20)10-23-9-13-8-16(24)12(2)7-15(13)17(23)25/h3-8,24H,9-10H2,1-2H3,(H2,21,22,26,27). The van der Waals surface area contributed by atoms with Gasteiger partial charge >= 0.3 is 6.03 Å². The van der Waals surface area contributed by atoms with E-state index in [0.717, 1.165) is 5.56 Å². The molecule has 138 valence electrons. The SMILES string of the molecule is Cc1ccc(C2(CN3Cc4cc(O)c(C)cc4C3=O)NC(=O)NC2=O)cc1. The van der Waals surface area contributed by atoms with E-state index in [1.54, 1.807) is 31.2 Å². The first-order valence-electron chi connectivity index (χ1n) is 8.63. The highest BCUT2D eigenvalue weighted by molar-refractivity contribution is 6.08. The molecule has 3 N–H and O–H groups in total. The first-order valence-corrected chi connectivity index (χ1v) is 8.63. The molecule has 0 aliphatic carbocycles. The largest absolute Gasteiger partial charge is 0.508 e. The number of carbonyl (C=O) groups is 3. The summed E-state index contributed by atoms with van der Waals surface area (Å²) in [5.74, 6) is -0.587. The molecule has 1 saturated heterocycles. The molecule has 0 spiro atoms. The summed E-state index contributed by atoms with van der Waals surface area (Å²) < 4.78 is 0. The number of nitrogens with zero attached hydrogens (tertiary/aromatic N) is 1. The summed E-state index contributed by atoms with van der Waals surface area (Å²) in [7, 11) is 0. The van der Waals surface area contributed by atoms with Crippen LogP contribution in [0.25, 0.3) is 0 Å². The van der Waals surface area contributed by atoms with Gasteiger partial charge in [0, 0.05) is 12.1 Å². The molecule has 1 fully saturated rings. The zero-order chi connectivity index (χ0) is 19.3. The molecule has 1 atom stereocenters. The molecule has 4 amide bonds. The Morgan fingerprint density at radius 2 is 1.81 bits per heavy atom. The lowest BCUT2D eigenvalue weighted by Crippen LogP contribution is -2.52. The van der Waals surface area contributed by atoms with Gasteiger partial charge in [-0.3, -0.25) is 14.9 Å². The number of amides is 4. The van der Waals surface area contributed by atoms with Gasteiger partial charge in [-0.1, -0.05) is 29.8 Å². The smallest absolute Gasteiger partial charge is 0.322 e.